The van der Waals surface area contributed by atoms with E-state index >= 15 is 4.11 Å². The Morgan fingerprint density at radius 2 is 1.08 bits per heavy atom. The summed E-state index contributed by atoms with van der Waals surface area (Å²) < 4.78 is 84.7. The lowest BCUT2D eigenvalue weighted by Crippen LogP contribution is -2.59. The van der Waals surface area contributed by atoms with Crippen molar-refractivity contribution in [3.8, 4) is 0 Å². The maximum atomic E-state index is 16.8. The number of para-hydroxylation sites is 1. The van der Waals surface area contributed by atoms with E-state index in [2.05, 4.69) is 62.8 Å². The number of aliphatic hydroxyl groups excluding tert-OH is 3. The van der Waals surface area contributed by atoms with Crippen molar-refractivity contribution in [2.24, 2.45) is 29.2 Å². The summed E-state index contributed by atoms with van der Waals surface area (Å²) in [6.07, 6.45) is -4.38. The number of halogens is 1. The first-order chi connectivity index (χ1) is 56.5. The van der Waals surface area contributed by atoms with E-state index in [0.29, 0.717) is 32.9 Å². The lowest BCUT2D eigenvalue weighted by atomic mass is 9.96. The van der Waals surface area contributed by atoms with E-state index in [1.807, 2.05) is 74.6 Å². The zero-order valence-electron chi connectivity index (χ0n) is 71.2. The van der Waals surface area contributed by atoms with E-state index in [-0.39, 0.29) is 63.3 Å². The van der Waals surface area contributed by atoms with Crippen molar-refractivity contribution in [2.75, 3.05) is 38.2 Å². The molecule has 0 saturated carbocycles. The summed E-state index contributed by atoms with van der Waals surface area (Å²) >= 11 is 0. The molecular weight excluding hydrogens is 1650 g/mol. The Kier molecular flexibility index (Phi) is 39.8. The molecule has 0 spiro atoms. The minimum atomic E-state index is -5.27. The molecule has 14 amide bonds. The van der Waals surface area contributed by atoms with E-state index in [1.165, 1.54) is 26.5 Å². The molecule has 2 heterocycles. The van der Waals surface area contributed by atoms with Crippen LogP contribution in [0.3, 0.4) is 0 Å². The molecule has 0 aliphatic carbocycles. The number of nitrogens with two attached hydrogens (primary N) is 2. The van der Waals surface area contributed by atoms with Gasteiger partial charge < -0.3 is 104 Å². The zero-order chi connectivity index (χ0) is 92.3. The van der Waals surface area contributed by atoms with Crippen LogP contribution in [0.2, 0.25) is 10.1 Å². The molecule has 2 unspecified atom stereocenters. The molecule has 0 aliphatic rings. The molecule has 4 aromatic rings. The number of amides is 14. The Bertz CT molecular complexity index is 4510. The number of likely N-dealkylation sites (N-methyl/N-ethyl adjacent to an activating group) is 1. The van der Waals surface area contributed by atoms with Crippen molar-refractivity contribution in [3.05, 3.63) is 84.1 Å². The number of H-pyrrole nitrogens is 2. The standard InChI is InChI=1S/C78H122FN17O23S2Si/c1-42(2)31-53(59(97)35-62(100)89-54(67(81)104)32-43(3)4)91-72(109)56(34-48-37-82-41-86-48)90-63(101)38-96(14)76(113)64(44(5)6)95-68(105)45(7)87-71(108)55(33-47-36-85-51-20-16-15-19-50(47)51)92-70(107)52(26-27-60(80)98)88-61(99)21-17-18-29-83-69(106)57(39-120(114,115)116)93-73(110)58(40-121(117,118)119)94-75(112)66(103)65(102)74(111)84-30-28-46-22-24-49(25-23-46)122(79,77(8,9)10)78(11,12)13/h15-16,19-20,22-25,36-37,41-45,52-59,64-66,85,97,102-103H,17-18,21,26-35,38-40H2,1-14H3,(H2,80,98)(H2,81,104)(H,82,86)(H,83,106)(H,84,111)(H,87,108)(H,88,99)(H,89,100)(H,90,101)(H,91,109)(H,92,107)(H,93,110)(H,94,112)(H,95,105)(H,114,115,116)(H,117,118,119)/t45-,52-,53-,54-,55-,56-,57-,58-,59-,64-,65?,66?/m0/s1/i79-1. The maximum Gasteiger partial charge on any atom is 0.288 e. The topological polar surface area (TPSA) is 640 Å². The molecule has 40 nitrogen and oxygen atoms in total. The molecule has 12 atom stereocenters. The largest absolute Gasteiger partial charge is 0.390 e. The normalized spacial score (nSPS) is 15.1. The van der Waals surface area contributed by atoms with Crippen molar-refractivity contribution >= 4 is 127 Å². The van der Waals surface area contributed by atoms with Crippen molar-refractivity contribution in [2.45, 2.75) is 243 Å². The number of carbonyl (C=O) groups excluding carboxylic acids is 14. The number of carbonyl (C=O) groups is 14. The van der Waals surface area contributed by atoms with Crippen LogP contribution in [0.15, 0.2) is 67.3 Å². The Morgan fingerprint density at radius 1 is 0.557 bits per heavy atom. The monoisotopic (exact) mass is 1770 g/mol. The highest BCUT2D eigenvalue weighted by atomic mass is 32.2. The molecule has 2 aromatic heterocycles. The van der Waals surface area contributed by atoms with E-state index < -0.39 is 250 Å². The summed E-state index contributed by atoms with van der Waals surface area (Å²) in [5, 5.41) is 58.7. The van der Waals surface area contributed by atoms with Gasteiger partial charge in [-0.25, -0.2) is 4.98 Å². The van der Waals surface area contributed by atoms with Gasteiger partial charge in [0.25, 0.3) is 40.5 Å². The van der Waals surface area contributed by atoms with Crippen LogP contribution in [0.5, 0.6) is 0 Å². The fraction of sp³-hybridized carbons (Fsp3) is 0.603. The average Bonchev–Trinajstić information content (AvgIpc) is 0.858. The molecule has 680 valence electrons. The minimum absolute atomic E-state index is 0.00979. The number of nitrogens with zero attached hydrogens (tertiary/aromatic N) is 2. The number of hydrogen-bond acceptors (Lipinski definition) is 22. The van der Waals surface area contributed by atoms with Crippen LogP contribution in [0.25, 0.3) is 10.9 Å². The first kappa shape index (κ1) is 104. The number of benzene rings is 2. The molecule has 22 N–H and O–H groups in total. The van der Waals surface area contributed by atoms with Crippen LogP contribution in [0.4, 0.5) is 4.11 Å². The first-order valence-corrected chi connectivity index (χ1v) is 45.0. The molecule has 122 heavy (non-hydrogen) atoms. The molecule has 2 aromatic carbocycles. The highest BCUT2D eigenvalue weighted by molar-refractivity contribution is 7.86. The van der Waals surface area contributed by atoms with E-state index in [1.54, 1.807) is 73.9 Å². The van der Waals surface area contributed by atoms with Gasteiger partial charge >= 0.3 is 0 Å². The maximum absolute atomic E-state index is 16.8. The number of rotatable bonds is 50. The predicted molar refractivity (Wildman–Crippen MR) is 448 cm³/mol. The summed E-state index contributed by atoms with van der Waals surface area (Å²) in [5.74, 6) is -18.7. The molecule has 0 aliphatic heterocycles. The van der Waals surface area contributed by atoms with Crippen LogP contribution in [-0.2, 0) is 107 Å². The van der Waals surface area contributed by atoms with Crippen LogP contribution >= 0.6 is 0 Å². The number of aromatic nitrogens is 3. The fourth-order valence-electron chi connectivity index (χ4n) is 13.7. The van der Waals surface area contributed by atoms with Gasteiger partial charge in [0.1, 0.15) is 59.8 Å². The zero-order valence-corrected chi connectivity index (χ0v) is 73.8. The quantitative estimate of drug-likeness (QED) is 0.00951. The van der Waals surface area contributed by atoms with Crippen molar-refractivity contribution in [1.29, 1.82) is 0 Å². The van der Waals surface area contributed by atoms with Gasteiger partial charge in [-0.1, -0.05) is 126 Å². The van der Waals surface area contributed by atoms with Crippen LogP contribution in [0, 0.1) is 17.8 Å². The van der Waals surface area contributed by atoms with Gasteiger partial charge in [0.15, 0.2) is 12.2 Å². The number of aromatic amines is 2. The molecule has 0 fully saturated rings. The number of aliphatic hydroxyl groups is 3. The van der Waals surface area contributed by atoms with Gasteiger partial charge in [-0.3, -0.25) is 76.2 Å². The number of primary amides is 2. The van der Waals surface area contributed by atoms with Gasteiger partial charge in [0, 0.05) is 74.8 Å². The Morgan fingerprint density at radius 3 is 1.64 bits per heavy atom. The van der Waals surface area contributed by atoms with Gasteiger partial charge in [-0.15, -0.1) is 0 Å². The van der Waals surface area contributed by atoms with Crippen LogP contribution in [-0.4, -0.2) is 263 Å². The summed E-state index contributed by atoms with van der Waals surface area (Å²) in [7, 11) is -12.8. The summed E-state index contributed by atoms with van der Waals surface area (Å²) in [4.78, 5) is 200. The van der Waals surface area contributed by atoms with Gasteiger partial charge in [0.2, 0.25) is 70.9 Å². The van der Waals surface area contributed by atoms with E-state index in [4.69, 9.17) is 11.5 Å². The Hall–Kier alpha value is -10.4. The van der Waals surface area contributed by atoms with Crippen molar-refractivity contribution in [1.82, 2.24) is 78.3 Å². The lowest BCUT2D eigenvalue weighted by molar-refractivity contribution is -0.147. The lowest BCUT2D eigenvalue weighted by Gasteiger charge is -2.44. The number of imidazole rings is 1. The highest BCUT2D eigenvalue weighted by Gasteiger charge is 2.56. The second kappa shape index (κ2) is 46.7. The van der Waals surface area contributed by atoms with Gasteiger partial charge in [-0.05, 0) is 95.7 Å². The van der Waals surface area contributed by atoms with Gasteiger partial charge in [-0.2, -0.15) is 16.8 Å². The van der Waals surface area contributed by atoms with Crippen LogP contribution < -0.4 is 75.1 Å². The summed E-state index contributed by atoms with van der Waals surface area (Å²) in [5.41, 5.74) is 13.1. The smallest absolute Gasteiger partial charge is 0.288 e. The summed E-state index contributed by atoms with van der Waals surface area (Å²) in [6, 6.07) is -0.508. The molecular formula is C78H122FN17O23S2Si. The number of hydrogen-bond donors (Lipinski definition) is 20. The van der Waals surface area contributed by atoms with Crippen molar-refractivity contribution in [3.63, 3.8) is 0 Å². The van der Waals surface area contributed by atoms with Gasteiger partial charge in [0.05, 0.1) is 31.4 Å². The average molecular weight is 1780 g/mol. The van der Waals surface area contributed by atoms with Crippen molar-refractivity contribution < 1.29 is 112 Å². The number of fused-ring (bicyclic) bond motifs is 1. The molecule has 0 saturated heterocycles. The Balaban J connectivity index is 1.42. The first-order valence-electron chi connectivity index (χ1n) is 39.9. The molecule has 44 heteroatoms. The third kappa shape index (κ3) is 33.8. The minimum Gasteiger partial charge on any atom is -0.390 e. The third-order valence-electron chi connectivity index (χ3n) is 19.8. The predicted octanol–water partition coefficient (Wildman–Crippen LogP) is -2.37. The molecule has 0 bridgehead atoms. The third-order valence-corrected chi connectivity index (χ3v) is 26.6. The Labute approximate surface area is 709 Å². The SMILES string of the molecule is CC(C)C[C@H](NC(=O)C[C@H](O)[C@H](CC(C)C)NC(=O)[C@H](Cc1cnc[nH]1)NC(=O)CN(C)C(=O)[C@@H](NC(=O)[C@H](C)NC(=O)[C@H](Cc1c[nH]c2ccccc12)NC(=O)[C@H](CCC(N)=O)NC(=O)CCCCNC(=O)[C@H](CS(=O)(=O)O)NC(=O)[C@H](CS(=O)(=O)O)NC(=O)C(O)C(O)C(=O)NCCc1ccc([Si]([18F])(C(C)(C)C)C(C)(C)C)cc1)C(C)C)C(N)=O. The van der Waals surface area contributed by atoms with E-state index in [0.717, 1.165) is 4.90 Å². The number of nitrogens with one attached hydrogen (secondary N) is 13. The van der Waals surface area contributed by atoms with Crippen LogP contribution in [0.1, 0.15) is 158 Å². The molecule has 0 radical (unpaired) electrons. The second-order valence-electron chi connectivity index (χ2n) is 33.6. The number of unbranched alkanes of at least 4 members (excludes halogenated alkanes) is 1. The highest BCUT2D eigenvalue weighted by Crippen LogP contribution is 2.51. The van der Waals surface area contributed by atoms with E-state index in [9.17, 15) is 108 Å². The fourth-order valence-corrected chi connectivity index (χ4v) is 19.6. The molecule has 4 rings (SSSR count). The summed E-state index contributed by atoms with van der Waals surface area (Å²) in [6.45, 7) is 21.5. The second-order valence-corrected chi connectivity index (χ2v) is 41.5.